The molecular formula is C7H8Br2Cl2N2O. The van der Waals surface area contributed by atoms with Gasteiger partial charge in [0.2, 0.25) is 4.73 Å². The lowest BCUT2D eigenvalue weighted by atomic mass is 10.4. The molecule has 0 saturated carbocycles. The third kappa shape index (κ3) is 3.29. The Morgan fingerprint density at radius 1 is 1.36 bits per heavy atom. The molecule has 0 N–H and O–H groups in total. The van der Waals surface area contributed by atoms with Crippen molar-refractivity contribution in [3.8, 4) is 0 Å². The van der Waals surface area contributed by atoms with E-state index in [0.29, 0.717) is 11.3 Å². The van der Waals surface area contributed by atoms with Crippen molar-refractivity contribution in [2.24, 2.45) is 0 Å². The first-order valence-corrected chi connectivity index (χ1v) is 6.62. The van der Waals surface area contributed by atoms with Gasteiger partial charge < -0.3 is 4.84 Å². The topological polar surface area (TPSA) is 27.1 Å². The second kappa shape index (κ2) is 6.20. The fraction of sp³-hybridized carbons (Fsp3) is 0.571. The Kier molecular flexibility index (Phi) is 5.59. The minimum absolute atomic E-state index is 0.235. The molecule has 0 aromatic carbocycles. The molecule has 0 spiro atoms. The highest BCUT2D eigenvalue weighted by molar-refractivity contribution is 9.10. The third-order valence-electron chi connectivity index (χ3n) is 1.45. The predicted octanol–water partition coefficient (Wildman–Crippen LogP) is 3.56. The van der Waals surface area contributed by atoms with E-state index < -0.39 is 0 Å². The zero-order valence-corrected chi connectivity index (χ0v) is 11.8. The van der Waals surface area contributed by atoms with Gasteiger partial charge in [0.25, 0.3) is 0 Å². The molecule has 0 bridgehead atoms. The largest absolute Gasteiger partial charge is 0.410 e. The third-order valence-corrected chi connectivity index (χ3v) is 3.21. The van der Waals surface area contributed by atoms with Gasteiger partial charge in [0.1, 0.15) is 6.61 Å². The number of hydrogen-bond acceptors (Lipinski definition) is 2. The highest BCUT2D eigenvalue weighted by atomic mass is 79.9. The van der Waals surface area contributed by atoms with E-state index in [1.807, 2.05) is 0 Å². The van der Waals surface area contributed by atoms with Gasteiger partial charge in [-0.3, -0.25) is 0 Å². The van der Waals surface area contributed by atoms with Gasteiger partial charge in [-0.25, -0.2) is 4.98 Å². The zero-order valence-electron chi connectivity index (χ0n) is 7.14. The summed E-state index contributed by atoms with van der Waals surface area (Å²) in [5.41, 5.74) is 0. The van der Waals surface area contributed by atoms with E-state index in [-0.39, 0.29) is 10.3 Å². The van der Waals surface area contributed by atoms with Crippen LogP contribution in [0.2, 0.25) is 10.3 Å². The summed E-state index contributed by atoms with van der Waals surface area (Å²) in [6, 6.07) is 0. The number of nitrogens with zero attached hydrogens (tertiary/aromatic N) is 2. The normalized spacial score (nSPS) is 10.6. The first-order chi connectivity index (χ1) is 6.66. The maximum atomic E-state index is 5.83. The molecule has 1 rings (SSSR count). The van der Waals surface area contributed by atoms with Crippen LogP contribution in [0.25, 0.3) is 0 Å². The number of imidazole rings is 1. The van der Waals surface area contributed by atoms with Crippen LogP contribution in [-0.4, -0.2) is 21.7 Å². The minimum Gasteiger partial charge on any atom is -0.410 e. The summed E-state index contributed by atoms with van der Waals surface area (Å²) in [5.74, 6) is 0. The summed E-state index contributed by atoms with van der Waals surface area (Å²) in [5, 5.41) is 1.49. The van der Waals surface area contributed by atoms with Gasteiger partial charge in [-0.2, -0.15) is 0 Å². The van der Waals surface area contributed by atoms with Gasteiger partial charge in [-0.05, 0) is 28.8 Å². The summed E-state index contributed by atoms with van der Waals surface area (Å²) >= 11 is 18.0. The molecule has 0 saturated heterocycles. The van der Waals surface area contributed by atoms with Gasteiger partial charge in [-0.1, -0.05) is 39.1 Å². The first kappa shape index (κ1) is 12.6. The van der Waals surface area contributed by atoms with Gasteiger partial charge in [0.05, 0.1) is 0 Å². The highest BCUT2D eigenvalue weighted by Crippen LogP contribution is 2.24. The summed E-state index contributed by atoms with van der Waals surface area (Å²) in [7, 11) is 0. The van der Waals surface area contributed by atoms with Crippen LogP contribution in [0.1, 0.15) is 12.8 Å². The van der Waals surface area contributed by atoms with Crippen LogP contribution in [0, 0.1) is 0 Å². The van der Waals surface area contributed by atoms with Gasteiger partial charge >= 0.3 is 0 Å². The van der Waals surface area contributed by atoms with Crippen LogP contribution in [-0.2, 0) is 0 Å². The minimum atomic E-state index is 0.235. The molecule has 0 aliphatic heterocycles. The molecule has 3 nitrogen and oxygen atoms in total. The molecule has 1 aromatic rings. The average Bonchev–Trinajstić information content (AvgIpc) is 2.38. The van der Waals surface area contributed by atoms with Gasteiger partial charge in [-0.15, -0.1) is 4.73 Å². The molecule has 80 valence electrons. The molecule has 7 heteroatoms. The van der Waals surface area contributed by atoms with Crippen molar-refractivity contribution < 1.29 is 4.84 Å². The molecule has 1 aromatic heterocycles. The molecule has 14 heavy (non-hydrogen) atoms. The highest BCUT2D eigenvalue weighted by Gasteiger charge is 2.12. The summed E-state index contributed by atoms with van der Waals surface area (Å²) < 4.78 is 1.85. The summed E-state index contributed by atoms with van der Waals surface area (Å²) in [6.45, 7) is 0.580. The Morgan fingerprint density at radius 3 is 2.57 bits per heavy atom. The molecular weight excluding hydrogens is 359 g/mol. The van der Waals surface area contributed by atoms with Crippen LogP contribution in [0.15, 0.2) is 4.73 Å². The number of halogens is 4. The maximum Gasteiger partial charge on any atom is 0.214 e. The maximum absolute atomic E-state index is 5.83. The summed E-state index contributed by atoms with van der Waals surface area (Å²) in [4.78, 5) is 9.25. The summed E-state index contributed by atoms with van der Waals surface area (Å²) in [6.07, 6.45) is 2.00. The molecule has 0 amide bonds. The fourth-order valence-electron chi connectivity index (χ4n) is 0.800. The molecule has 0 unspecified atom stereocenters. The Balaban J connectivity index is 2.49. The number of hydrogen-bond donors (Lipinski definition) is 0. The van der Waals surface area contributed by atoms with Gasteiger partial charge in [0.15, 0.2) is 10.3 Å². The molecule has 1 heterocycles. The van der Waals surface area contributed by atoms with E-state index in [4.69, 9.17) is 28.0 Å². The number of aromatic nitrogens is 2. The standard InChI is InChI=1S/C7H8Br2Cl2N2O/c8-3-1-2-4-14-13-6(11)5(10)12-7(13)9/h1-4H2. The van der Waals surface area contributed by atoms with Crippen molar-refractivity contribution in [2.45, 2.75) is 12.8 Å². The lowest BCUT2D eigenvalue weighted by Crippen LogP contribution is -2.13. The van der Waals surface area contributed by atoms with E-state index in [2.05, 4.69) is 36.8 Å². The number of alkyl halides is 1. The van der Waals surface area contributed by atoms with Crippen LogP contribution in [0.5, 0.6) is 0 Å². The smallest absolute Gasteiger partial charge is 0.214 e. The van der Waals surface area contributed by atoms with Crippen molar-refractivity contribution >= 4 is 55.1 Å². The van der Waals surface area contributed by atoms with Crippen LogP contribution in [0.3, 0.4) is 0 Å². The van der Waals surface area contributed by atoms with E-state index in [0.717, 1.165) is 18.2 Å². The predicted molar refractivity (Wildman–Crippen MR) is 64.4 cm³/mol. The van der Waals surface area contributed by atoms with Crippen molar-refractivity contribution in [1.82, 2.24) is 9.71 Å². The molecule has 0 atom stereocenters. The zero-order chi connectivity index (χ0) is 10.6. The van der Waals surface area contributed by atoms with Crippen LogP contribution in [0.4, 0.5) is 0 Å². The quantitative estimate of drug-likeness (QED) is 0.588. The molecule has 0 fully saturated rings. The molecule has 0 radical (unpaired) electrons. The first-order valence-electron chi connectivity index (χ1n) is 3.95. The van der Waals surface area contributed by atoms with Gasteiger partial charge in [0, 0.05) is 5.33 Å². The van der Waals surface area contributed by atoms with Crippen LogP contribution >= 0.6 is 55.1 Å². The number of rotatable bonds is 5. The second-order valence-electron chi connectivity index (χ2n) is 2.49. The Morgan fingerprint density at radius 2 is 2.07 bits per heavy atom. The lowest BCUT2D eigenvalue weighted by molar-refractivity contribution is 0.103. The Hall–Kier alpha value is 0.550. The second-order valence-corrected chi connectivity index (χ2v) is 4.70. The van der Waals surface area contributed by atoms with E-state index in [1.165, 1.54) is 4.73 Å². The fourth-order valence-corrected chi connectivity index (χ4v) is 2.19. The van der Waals surface area contributed by atoms with Crippen molar-refractivity contribution in [3.05, 3.63) is 15.0 Å². The van der Waals surface area contributed by atoms with E-state index >= 15 is 0 Å². The Bertz CT molecular complexity index is 306. The van der Waals surface area contributed by atoms with Crippen molar-refractivity contribution in [1.29, 1.82) is 0 Å². The molecule has 0 aliphatic rings. The van der Waals surface area contributed by atoms with Crippen LogP contribution < -0.4 is 4.84 Å². The van der Waals surface area contributed by atoms with E-state index in [1.54, 1.807) is 0 Å². The SMILES string of the molecule is Clc1nc(Br)n(OCCCCBr)c1Cl. The molecule has 0 aliphatic carbocycles. The van der Waals surface area contributed by atoms with Crippen molar-refractivity contribution in [2.75, 3.05) is 11.9 Å². The number of unbranched alkanes of at least 4 members (excludes halogenated alkanes) is 1. The Labute approximate surface area is 109 Å². The lowest BCUT2D eigenvalue weighted by Gasteiger charge is -2.07. The monoisotopic (exact) mass is 364 g/mol. The van der Waals surface area contributed by atoms with Crippen molar-refractivity contribution in [3.63, 3.8) is 0 Å². The van der Waals surface area contributed by atoms with E-state index in [9.17, 15) is 0 Å². The average molecular weight is 367 g/mol.